The smallest absolute Gasteiger partial charge is 0.258 e. The first kappa shape index (κ1) is 18.9. The van der Waals surface area contributed by atoms with Crippen molar-refractivity contribution in [1.82, 2.24) is 0 Å². The van der Waals surface area contributed by atoms with Crippen LogP contribution in [0.5, 0.6) is 0 Å². The van der Waals surface area contributed by atoms with E-state index < -0.39 is 0 Å². The molecule has 3 aromatic rings. The lowest BCUT2D eigenvalue weighted by Crippen LogP contribution is -2.32. The van der Waals surface area contributed by atoms with E-state index >= 15 is 0 Å². The Balaban J connectivity index is 1.62. The second-order valence-corrected chi connectivity index (χ2v) is 7.30. The molecule has 4 nitrogen and oxygen atoms in total. The zero-order valence-corrected chi connectivity index (χ0v) is 16.8. The maximum Gasteiger partial charge on any atom is 0.258 e. The van der Waals surface area contributed by atoms with E-state index in [-0.39, 0.29) is 11.8 Å². The summed E-state index contributed by atoms with van der Waals surface area (Å²) in [6, 6.07) is 22.9. The number of carbonyl (C=O) groups excluding carboxylic acids is 2. The molecule has 1 heterocycles. The quantitative estimate of drug-likeness (QED) is 0.644. The molecule has 29 heavy (non-hydrogen) atoms. The van der Waals surface area contributed by atoms with Gasteiger partial charge in [-0.15, -0.1) is 0 Å². The number of aryl methyl sites for hydroxylation is 1. The van der Waals surface area contributed by atoms with Gasteiger partial charge in [-0.3, -0.25) is 9.59 Å². The molecule has 0 saturated carbocycles. The highest BCUT2D eigenvalue weighted by atomic mass is 16.2. The fourth-order valence-electron chi connectivity index (χ4n) is 3.89. The zero-order chi connectivity index (χ0) is 20.4. The van der Waals surface area contributed by atoms with Crippen molar-refractivity contribution in [2.75, 3.05) is 22.9 Å². The molecule has 0 saturated heterocycles. The lowest BCUT2D eigenvalue weighted by molar-refractivity contribution is 0.0988. The van der Waals surface area contributed by atoms with Crippen LogP contribution in [-0.2, 0) is 6.42 Å². The van der Waals surface area contributed by atoms with E-state index in [0.29, 0.717) is 24.2 Å². The molecule has 0 N–H and O–H groups in total. The number of fused-ring (bicyclic) bond motifs is 1. The minimum absolute atomic E-state index is 0.0665. The van der Waals surface area contributed by atoms with Crippen molar-refractivity contribution in [2.24, 2.45) is 0 Å². The molecule has 146 valence electrons. The summed E-state index contributed by atoms with van der Waals surface area (Å²) in [5.41, 5.74) is 5.17. The first-order valence-corrected chi connectivity index (χ1v) is 9.97. The topological polar surface area (TPSA) is 40.6 Å². The average molecular weight is 384 g/mol. The van der Waals surface area contributed by atoms with E-state index in [2.05, 4.69) is 6.07 Å². The summed E-state index contributed by atoms with van der Waals surface area (Å²) in [5.74, 6) is -0.169. The molecule has 0 bridgehead atoms. The fraction of sp³-hybridized carbons (Fsp3) is 0.200. The van der Waals surface area contributed by atoms with E-state index in [0.717, 1.165) is 23.4 Å². The van der Waals surface area contributed by atoms with Gasteiger partial charge in [0.2, 0.25) is 0 Å². The molecule has 3 aromatic carbocycles. The van der Waals surface area contributed by atoms with Crippen molar-refractivity contribution < 1.29 is 9.59 Å². The van der Waals surface area contributed by atoms with Crippen LogP contribution in [0.1, 0.15) is 38.8 Å². The van der Waals surface area contributed by atoms with Gasteiger partial charge in [-0.1, -0.05) is 36.4 Å². The molecule has 1 aliphatic heterocycles. The summed E-state index contributed by atoms with van der Waals surface area (Å²) in [6.07, 6.45) is 0.859. The highest BCUT2D eigenvalue weighted by molar-refractivity contribution is 6.11. The van der Waals surface area contributed by atoms with Gasteiger partial charge in [0.25, 0.3) is 11.8 Å². The third kappa shape index (κ3) is 3.66. The SMILES string of the molecule is CCN(C(=O)c1cccc(C(=O)N2CCc3ccccc32)c1)c1cccc(C)c1. The van der Waals surface area contributed by atoms with Crippen LogP contribution in [0, 0.1) is 6.92 Å². The van der Waals surface area contributed by atoms with Gasteiger partial charge in [-0.2, -0.15) is 0 Å². The van der Waals surface area contributed by atoms with Gasteiger partial charge in [-0.25, -0.2) is 0 Å². The number of amides is 2. The Bertz CT molecular complexity index is 1070. The van der Waals surface area contributed by atoms with E-state index in [1.165, 1.54) is 5.56 Å². The fourth-order valence-corrected chi connectivity index (χ4v) is 3.89. The largest absolute Gasteiger partial charge is 0.309 e. The van der Waals surface area contributed by atoms with Crippen LogP contribution >= 0.6 is 0 Å². The number of nitrogens with zero attached hydrogens (tertiary/aromatic N) is 2. The standard InChI is InChI=1S/C25H24N2O2/c1-3-26(22-12-6-8-18(2)16-22)24(28)20-10-7-11-21(17-20)25(29)27-15-14-19-9-4-5-13-23(19)27/h4-13,16-17H,3,14-15H2,1-2H3. The van der Waals surface area contributed by atoms with Crippen molar-refractivity contribution >= 4 is 23.2 Å². The molecule has 0 unspecified atom stereocenters. The summed E-state index contributed by atoms with van der Waals surface area (Å²) in [5, 5.41) is 0. The molecule has 0 spiro atoms. The summed E-state index contributed by atoms with van der Waals surface area (Å²) >= 11 is 0. The number of rotatable bonds is 4. The van der Waals surface area contributed by atoms with Gasteiger partial charge in [0.05, 0.1) is 0 Å². The van der Waals surface area contributed by atoms with Gasteiger partial charge >= 0.3 is 0 Å². The first-order chi connectivity index (χ1) is 14.1. The van der Waals surface area contributed by atoms with Crippen LogP contribution in [0.4, 0.5) is 11.4 Å². The summed E-state index contributed by atoms with van der Waals surface area (Å²) in [7, 11) is 0. The van der Waals surface area contributed by atoms with Crippen LogP contribution < -0.4 is 9.80 Å². The van der Waals surface area contributed by atoms with Crippen molar-refractivity contribution in [3.05, 3.63) is 95.1 Å². The molecule has 4 heteroatoms. The Morgan fingerprint density at radius 2 is 1.69 bits per heavy atom. The first-order valence-electron chi connectivity index (χ1n) is 9.97. The molecule has 0 atom stereocenters. The molecule has 0 aliphatic carbocycles. The van der Waals surface area contributed by atoms with Crippen LogP contribution in [0.25, 0.3) is 0 Å². The Hall–Kier alpha value is -3.40. The van der Waals surface area contributed by atoms with Crippen molar-refractivity contribution in [1.29, 1.82) is 0 Å². The number of carbonyl (C=O) groups is 2. The van der Waals surface area contributed by atoms with Crippen molar-refractivity contribution in [3.8, 4) is 0 Å². The second kappa shape index (κ2) is 7.92. The van der Waals surface area contributed by atoms with Gasteiger partial charge in [-0.05, 0) is 67.8 Å². The van der Waals surface area contributed by atoms with Gasteiger partial charge in [0.1, 0.15) is 0 Å². The molecule has 0 aromatic heterocycles. The Morgan fingerprint density at radius 3 is 2.48 bits per heavy atom. The number of hydrogen-bond donors (Lipinski definition) is 0. The highest BCUT2D eigenvalue weighted by Crippen LogP contribution is 2.29. The number of hydrogen-bond acceptors (Lipinski definition) is 2. The minimum Gasteiger partial charge on any atom is -0.309 e. The maximum atomic E-state index is 13.2. The molecule has 0 radical (unpaired) electrons. The van der Waals surface area contributed by atoms with E-state index in [1.54, 1.807) is 34.1 Å². The molecular formula is C25H24N2O2. The summed E-state index contributed by atoms with van der Waals surface area (Å²) in [4.78, 5) is 29.9. The van der Waals surface area contributed by atoms with Gasteiger partial charge in [0.15, 0.2) is 0 Å². The van der Waals surface area contributed by atoms with E-state index in [4.69, 9.17) is 0 Å². The number of benzene rings is 3. The molecule has 4 rings (SSSR count). The lowest BCUT2D eigenvalue weighted by atomic mass is 10.1. The summed E-state index contributed by atoms with van der Waals surface area (Å²) < 4.78 is 0. The van der Waals surface area contributed by atoms with E-state index in [9.17, 15) is 9.59 Å². The predicted octanol–water partition coefficient (Wildman–Crippen LogP) is 4.86. The normalized spacial score (nSPS) is 12.6. The second-order valence-electron chi connectivity index (χ2n) is 7.30. The van der Waals surface area contributed by atoms with Crippen LogP contribution in [0.2, 0.25) is 0 Å². The Labute approximate surface area is 171 Å². The Morgan fingerprint density at radius 1 is 0.931 bits per heavy atom. The van der Waals surface area contributed by atoms with E-state index in [1.807, 2.05) is 56.3 Å². The van der Waals surface area contributed by atoms with Gasteiger partial charge in [0, 0.05) is 35.6 Å². The van der Waals surface area contributed by atoms with Crippen molar-refractivity contribution in [2.45, 2.75) is 20.3 Å². The third-order valence-corrected chi connectivity index (χ3v) is 5.36. The maximum absolute atomic E-state index is 13.2. The minimum atomic E-state index is -0.102. The average Bonchev–Trinajstić information content (AvgIpc) is 3.18. The molecule has 1 aliphatic rings. The monoisotopic (exact) mass is 384 g/mol. The summed E-state index contributed by atoms with van der Waals surface area (Å²) in [6.45, 7) is 5.19. The molecule has 0 fully saturated rings. The highest BCUT2D eigenvalue weighted by Gasteiger charge is 2.26. The molecular weight excluding hydrogens is 360 g/mol. The van der Waals surface area contributed by atoms with Crippen LogP contribution in [0.3, 0.4) is 0 Å². The van der Waals surface area contributed by atoms with Crippen LogP contribution in [-0.4, -0.2) is 24.9 Å². The zero-order valence-electron chi connectivity index (χ0n) is 16.8. The Kier molecular flexibility index (Phi) is 5.17. The van der Waals surface area contributed by atoms with Crippen LogP contribution in [0.15, 0.2) is 72.8 Å². The predicted molar refractivity (Wildman–Crippen MR) is 117 cm³/mol. The molecule has 2 amide bonds. The number of para-hydroxylation sites is 1. The third-order valence-electron chi connectivity index (χ3n) is 5.36. The lowest BCUT2D eigenvalue weighted by Gasteiger charge is -2.22. The van der Waals surface area contributed by atoms with Gasteiger partial charge < -0.3 is 9.80 Å². The number of anilines is 2. The van der Waals surface area contributed by atoms with Crippen molar-refractivity contribution in [3.63, 3.8) is 0 Å².